The molecule has 37 heavy (non-hydrogen) atoms. The van der Waals surface area contributed by atoms with E-state index in [1.54, 1.807) is 28.9 Å². The highest BCUT2D eigenvalue weighted by atomic mass is 16.5. The van der Waals surface area contributed by atoms with Gasteiger partial charge < -0.3 is 20.3 Å². The van der Waals surface area contributed by atoms with Crippen molar-refractivity contribution in [2.75, 3.05) is 26.2 Å². The van der Waals surface area contributed by atoms with Crippen molar-refractivity contribution in [1.29, 1.82) is 0 Å². The summed E-state index contributed by atoms with van der Waals surface area (Å²) in [6, 6.07) is 16.1. The normalized spacial score (nSPS) is 17.3. The molecule has 0 aliphatic carbocycles. The summed E-state index contributed by atoms with van der Waals surface area (Å²) >= 11 is 0. The Bertz CT molecular complexity index is 1260. The lowest BCUT2D eigenvalue weighted by Crippen LogP contribution is -2.45. The SMILES string of the molecule is CC(=O)N1CCNC(=O)c2cccc(c2)OCCn2nc(-c3ccccc3)nc2[C@H](C(C)C)NC(=O)C1. The smallest absolute Gasteiger partial charge is 0.251 e. The zero-order chi connectivity index (χ0) is 26.4. The van der Waals surface area contributed by atoms with Crippen LogP contribution in [-0.2, 0) is 16.1 Å². The zero-order valence-corrected chi connectivity index (χ0v) is 21.3. The second kappa shape index (κ2) is 11.7. The van der Waals surface area contributed by atoms with Crippen molar-refractivity contribution >= 4 is 17.7 Å². The quantitative estimate of drug-likeness (QED) is 0.553. The zero-order valence-electron chi connectivity index (χ0n) is 21.3. The lowest BCUT2D eigenvalue weighted by molar-refractivity contribution is -0.134. The first kappa shape index (κ1) is 25.9. The maximum atomic E-state index is 13.1. The topological polar surface area (TPSA) is 118 Å². The number of nitrogens with one attached hydrogen (secondary N) is 2. The van der Waals surface area contributed by atoms with Gasteiger partial charge in [0, 0.05) is 31.1 Å². The lowest BCUT2D eigenvalue weighted by Gasteiger charge is -2.25. The van der Waals surface area contributed by atoms with E-state index in [0.717, 1.165) is 5.56 Å². The molecule has 0 radical (unpaired) electrons. The predicted molar refractivity (Wildman–Crippen MR) is 138 cm³/mol. The number of benzene rings is 2. The van der Waals surface area contributed by atoms with E-state index >= 15 is 0 Å². The van der Waals surface area contributed by atoms with Gasteiger partial charge in [-0.1, -0.05) is 50.2 Å². The highest BCUT2D eigenvalue weighted by Gasteiger charge is 2.27. The van der Waals surface area contributed by atoms with Crippen LogP contribution in [0.3, 0.4) is 0 Å². The Morgan fingerprint density at radius 1 is 1.05 bits per heavy atom. The Kier molecular flexibility index (Phi) is 8.17. The minimum absolute atomic E-state index is 0.000253. The van der Waals surface area contributed by atoms with Gasteiger partial charge in [-0.15, -0.1) is 0 Å². The monoisotopic (exact) mass is 504 g/mol. The molecular weight excluding hydrogens is 472 g/mol. The van der Waals surface area contributed by atoms with E-state index in [4.69, 9.17) is 14.8 Å². The Labute approximate surface area is 216 Å². The van der Waals surface area contributed by atoms with Gasteiger partial charge >= 0.3 is 0 Å². The van der Waals surface area contributed by atoms with E-state index in [0.29, 0.717) is 29.5 Å². The molecule has 0 fully saturated rings. The number of rotatable bonds is 2. The molecule has 1 atom stereocenters. The first-order valence-electron chi connectivity index (χ1n) is 12.4. The summed E-state index contributed by atoms with van der Waals surface area (Å²) in [4.78, 5) is 44.1. The molecule has 1 aliphatic rings. The minimum atomic E-state index is -0.440. The van der Waals surface area contributed by atoms with Crippen LogP contribution in [0.25, 0.3) is 11.4 Å². The van der Waals surface area contributed by atoms with Gasteiger partial charge in [-0.25, -0.2) is 9.67 Å². The third-order valence-electron chi connectivity index (χ3n) is 6.11. The second-order valence-electron chi connectivity index (χ2n) is 9.24. The van der Waals surface area contributed by atoms with Crippen LogP contribution in [0.15, 0.2) is 54.6 Å². The Balaban J connectivity index is 1.70. The number of nitrogens with zero attached hydrogens (tertiary/aromatic N) is 4. The van der Waals surface area contributed by atoms with E-state index in [2.05, 4.69) is 10.6 Å². The van der Waals surface area contributed by atoms with E-state index < -0.39 is 6.04 Å². The van der Waals surface area contributed by atoms with Crippen LogP contribution in [0.5, 0.6) is 5.75 Å². The molecule has 0 saturated carbocycles. The fraction of sp³-hybridized carbons (Fsp3) is 0.370. The molecule has 10 heteroatoms. The van der Waals surface area contributed by atoms with Crippen molar-refractivity contribution in [3.8, 4) is 17.1 Å². The molecule has 3 amide bonds. The standard InChI is InChI=1S/C27H32N6O4/c1-18(2)24-26-30-25(20-8-5-4-6-9-20)31-33(26)14-15-37-22-11-7-10-21(16-22)27(36)28-12-13-32(19(3)34)17-23(35)29-24/h4-11,16,18,24H,12-15,17H2,1-3H3,(H,28,36)(H,29,35)/t24-/m0/s1. The Morgan fingerprint density at radius 3 is 2.54 bits per heavy atom. The summed E-state index contributed by atoms with van der Waals surface area (Å²) in [6.07, 6.45) is 0. The minimum Gasteiger partial charge on any atom is -0.492 e. The number of fused-ring (bicyclic) bond motifs is 3. The van der Waals surface area contributed by atoms with Gasteiger partial charge in [-0.3, -0.25) is 14.4 Å². The molecule has 1 aliphatic heterocycles. The molecule has 10 nitrogen and oxygen atoms in total. The van der Waals surface area contributed by atoms with Gasteiger partial charge in [-0.2, -0.15) is 5.10 Å². The summed E-state index contributed by atoms with van der Waals surface area (Å²) < 4.78 is 7.70. The first-order chi connectivity index (χ1) is 17.8. The van der Waals surface area contributed by atoms with Crippen LogP contribution in [0.1, 0.15) is 43.0 Å². The van der Waals surface area contributed by atoms with Crippen LogP contribution in [0, 0.1) is 5.92 Å². The average Bonchev–Trinajstić information content (AvgIpc) is 3.30. The van der Waals surface area contributed by atoms with Crippen molar-refractivity contribution in [2.45, 2.75) is 33.4 Å². The number of aromatic nitrogens is 3. The average molecular weight is 505 g/mol. The van der Waals surface area contributed by atoms with Gasteiger partial charge in [0.05, 0.1) is 19.1 Å². The van der Waals surface area contributed by atoms with Gasteiger partial charge in [-0.05, 0) is 24.1 Å². The molecule has 0 spiro atoms. The summed E-state index contributed by atoms with van der Waals surface area (Å²) in [5, 5.41) is 10.6. The highest BCUT2D eigenvalue weighted by molar-refractivity contribution is 5.94. The highest BCUT2D eigenvalue weighted by Crippen LogP contribution is 2.24. The Morgan fingerprint density at radius 2 is 1.81 bits per heavy atom. The van der Waals surface area contributed by atoms with Crippen molar-refractivity contribution in [3.63, 3.8) is 0 Å². The van der Waals surface area contributed by atoms with Crippen LogP contribution in [0.2, 0.25) is 0 Å². The van der Waals surface area contributed by atoms with Crippen molar-refractivity contribution in [2.24, 2.45) is 5.92 Å². The van der Waals surface area contributed by atoms with Crippen molar-refractivity contribution in [3.05, 3.63) is 66.0 Å². The molecule has 2 aromatic carbocycles. The third kappa shape index (κ3) is 6.52. The largest absolute Gasteiger partial charge is 0.492 e. The molecule has 4 rings (SSSR count). The molecule has 0 saturated heterocycles. The van der Waals surface area contributed by atoms with Crippen LogP contribution >= 0.6 is 0 Å². The number of carbonyl (C=O) groups is 3. The number of carbonyl (C=O) groups excluding carboxylic acids is 3. The second-order valence-corrected chi connectivity index (χ2v) is 9.24. The maximum Gasteiger partial charge on any atom is 0.251 e. The van der Waals surface area contributed by atoms with Gasteiger partial charge in [0.1, 0.15) is 12.4 Å². The Hall–Kier alpha value is -4.21. The molecule has 3 aromatic rings. The molecule has 2 N–H and O–H groups in total. The predicted octanol–water partition coefficient (Wildman–Crippen LogP) is 2.43. The fourth-order valence-corrected chi connectivity index (χ4v) is 4.11. The van der Waals surface area contributed by atoms with Crippen LogP contribution in [0.4, 0.5) is 0 Å². The van der Waals surface area contributed by atoms with E-state index in [9.17, 15) is 14.4 Å². The molecule has 1 aromatic heterocycles. The molecule has 2 heterocycles. The molecule has 0 unspecified atom stereocenters. The number of hydrogen-bond acceptors (Lipinski definition) is 6. The van der Waals surface area contributed by atoms with Crippen molar-refractivity contribution < 1.29 is 19.1 Å². The third-order valence-corrected chi connectivity index (χ3v) is 6.11. The summed E-state index contributed by atoms with van der Waals surface area (Å²) in [5.74, 6) is 0.857. The number of ether oxygens (including phenoxy) is 1. The van der Waals surface area contributed by atoms with Crippen LogP contribution < -0.4 is 15.4 Å². The van der Waals surface area contributed by atoms with Crippen LogP contribution in [-0.4, -0.2) is 63.6 Å². The van der Waals surface area contributed by atoms with Gasteiger partial charge in [0.15, 0.2) is 11.6 Å². The van der Waals surface area contributed by atoms with E-state index in [-0.39, 0.29) is 49.9 Å². The maximum absolute atomic E-state index is 13.1. The molecule has 194 valence electrons. The first-order valence-corrected chi connectivity index (χ1v) is 12.4. The van der Waals surface area contributed by atoms with Gasteiger partial charge in [0.25, 0.3) is 5.91 Å². The summed E-state index contributed by atoms with van der Waals surface area (Å²) in [6.45, 7) is 6.33. The van der Waals surface area contributed by atoms with Crippen molar-refractivity contribution in [1.82, 2.24) is 30.3 Å². The van der Waals surface area contributed by atoms with Gasteiger partial charge in [0.2, 0.25) is 11.8 Å². The lowest BCUT2D eigenvalue weighted by atomic mass is 10.0. The number of hydrogen-bond donors (Lipinski definition) is 2. The fourth-order valence-electron chi connectivity index (χ4n) is 4.11. The molecular formula is C27H32N6O4. The van der Waals surface area contributed by atoms with E-state index in [1.165, 1.54) is 11.8 Å². The van der Waals surface area contributed by atoms with E-state index in [1.807, 2.05) is 44.2 Å². The summed E-state index contributed by atoms with van der Waals surface area (Å²) in [7, 11) is 0. The summed E-state index contributed by atoms with van der Waals surface area (Å²) in [5.41, 5.74) is 1.31. The molecule has 2 bridgehead atoms. The number of amides is 3.